The van der Waals surface area contributed by atoms with Crippen LogP contribution in [-0.4, -0.2) is 25.7 Å². The molecule has 6 nitrogen and oxygen atoms in total. The van der Waals surface area contributed by atoms with E-state index in [1.165, 1.54) is 30.4 Å². The fourth-order valence-corrected chi connectivity index (χ4v) is 3.74. The maximum atomic E-state index is 13.3. The molecule has 33 heavy (non-hydrogen) atoms. The number of carbonyl (C=O) groups is 1. The standard InChI is InChI=1S/C15H10F3N3O2.C9H11N/c1-8-2-4-9(5-3-8)10-6-12(15(16,17)18)21-13(19-10)7-11(20-21)14(22)23;10-9-5-4-7-2-1-3-8(7)6-9/h2-7H,1H3,(H,22,23);4-6H,1-3,10H2. The molecule has 2 aromatic carbocycles. The topological polar surface area (TPSA) is 93.5 Å². The molecule has 1 aliphatic carbocycles. The van der Waals surface area contributed by atoms with Gasteiger partial charge in [0.05, 0.1) is 5.69 Å². The maximum Gasteiger partial charge on any atom is 0.433 e. The fourth-order valence-electron chi connectivity index (χ4n) is 3.74. The summed E-state index contributed by atoms with van der Waals surface area (Å²) in [6.07, 6.45) is -0.919. The average Bonchev–Trinajstić information content (AvgIpc) is 3.39. The summed E-state index contributed by atoms with van der Waals surface area (Å²) in [5.41, 5.74) is 9.30. The number of hydrogen-bond donors (Lipinski definition) is 2. The van der Waals surface area contributed by atoms with E-state index in [2.05, 4.69) is 22.2 Å². The third-order valence-electron chi connectivity index (χ3n) is 5.41. The molecule has 1 aliphatic rings. The van der Waals surface area contributed by atoms with Gasteiger partial charge in [-0.1, -0.05) is 35.9 Å². The van der Waals surface area contributed by atoms with Crippen LogP contribution in [0.1, 0.15) is 39.3 Å². The van der Waals surface area contributed by atoms with Gasteiger partial charge in [-0.2, -0.15) is 18.3 Å². The second-order valence-corrected chi connectivity index (χ2v) is 7.88. The van der Waals surface area contributed by atoms with Crippen LogP contribution in [0, 0.1) is 6.92 Å². The van der Waals surface area contributed by atoms with Crippen LogP contribution < -0.4 is 5.73 Å². The van der Waals surface area contributed by atoms with Crippen molar-refractivity contribution in [3.05, 3.63) is 82.7 Å². The average molecular weight is 454 g/mol. The van der Waals surface area contributed by atoms with Gasteiger partial charge < -0.3 is 10.8 Å². The molecule has 0 fully saturated rings. The van der Waals surface area contributed by atoms with E-state index in [9.17, 15) is 18.0 Å². The molecule has 0 radical (unpaired) electrons. The van der Waals surface area contributed by atoms with Gasteiger partial charge in [0, 0.05) is 17.3 Å². The Morgan fingerprint density at radius 2 is 1.73 bits per heavy atom. The highest BCUT2D eigenvalue weighted by atomic mass is 19.4. The van der Waals surface area contributed by atoms with E-state index < -0.39 is 23.5 Å². The summed E-state index contributed by atoms with van der Waals surface area (Å²) in [6.45, 7) is 1.86. The number of alkyl halides is 3. The second-order valence-electron chi connectivity index (χ2n) is 7.88. The van der Waals surface area contributed by atoms with Crippen molar-refractivity contribution in [2.24, 2.45) is 0 Å². The molecule has 0 saturated carbocycles. The molecule has 5 rings (SSSR count). The first-order valence-electron chi connectivity index (χ1n) is 10.3. The van der Waals surface area contributed by atoms with Gasteiger partial charge in [0.15, 0.2) is 17.0 Å². The summed E-state index contributed by atoms with van der Waals surface area (Å²) >= 11 is 0. The summed E-state index contributed by atoms with van der Waals surface area (Å²) < 4.78 is 40.3. The molecule has 2 heterocycles. The fraction of sp³-hybridized carbons (Fsp3) is 0.208. The van der Waals surface area contributed by atoms with E-state index in [4.69, 9.17) is 10.8 Å². The number of nitrogens with two attached hydrogens (primary N) is 1. The Bertz CT molecular complexity index is 1330. The van der Waals surface area contributed by atoms with Crippen LogP contribution in [0.3, 0.4) is 0 Å². The minimum atomic E-state index is -4.69. The molecule has 3 N–H and O–H groups in total. The summed E-state index contributed by atoms with van der Waals surface area (Å²) in [5.74, 6) is -1.42. The van der Waals surface area contributed by atoms with Crippen LogP contribution in [0.15, 0.2) is 54.6 Å². The first-order chi connectivity index (χ1) is 15.6. The van der Waals surface area contributed by atoms with Gasteiger partial charge in [0.1, 0.15) is 0 Å². The minimum absolute atomic E-state index is 0.0988. The Labute approximate surface area is 187 Å². The molecule has 0 unspecified atom stereocenters. The Morgan fingerprint density at radius 3 is 2.39 bits per heavy atom. The number of rotatable bonds is 2. The van der Waals surface area contributed by atoms with Crippen molar-refractivity contribution in [3.63, 3.8) is 0 Å². The van der Waals surface area contributed by atoms with Gasteiger partial charge >= 0.3 is 12.1 Å². The molecule has 9 heteroatoms. The number of fused-ring (bicyclic) bond motifs is 2. The van der Waals surface area contributed by atoms with E-state index in [0.29, 0.717) is 10.1 Å². The molecule has 4 aromatic rings. The number of carboxylic acid groups (broad SMARTS) is 1. The number of aryl methyl sites for hydroxylation is 3. The van der Waals surface area contributed by atoms with Crippen molar-refractivity contribution in [1.82, 2.24) is 14.6 Å². The predicted octanol–water partition coefficient (Wildman–Crippen LogP) is 5.18. The zero-order valence-electron chi connectivity index (χ0n) is 17.7. The normalized spacial score (nSPS) is 12.8. The van der Waals surface area contributed by atoms with E-state index in [1.54, 1.807) is 24.3 Å². The third-order valence-corrected chi connectivity index (χ3v) is 5.41. The van der Waals surface area contributed by atoms with Crippen LogP contribution in [0.25, 0.3) is 16.9 Å². The van der Waals surface area contributed by atoms with Crippen molar-refractivity contribution in [2.75, 3.05) is 5.73 Å². The van der Waals surface area contributed by atoms with E-state index >= 15 is 0 Å². The van der Waals surface area contributed by atoms with Gasteiger partial charge in [-0.3, -0.25) is 0 Å². The van der Waals surface area contributed by atoms with Crippen molar-refractivity contribution < 1.29 is 23.1 Å². The van der Waals surface area contributed by atoms with Gasteiger partial charge in [-0.05, 0) is 55.5 Å². The lowest BCUT2D eigenvalue weighted by atomic mass is 10.1. The van der Waals surface area contributed by atoms with Crippen LogP contribution in [0.2, 0.25) is 0 Å². The van der Waals surface area contributed by atoms with Crippen molar-refractivity contribution in [3.8, 4) is 11.3 Å². The monoisotopic (exact) mass is 454 g/mol. The third kappa shape index (κ3) is 4.82. The molecule has 170 valence electrons. The quantitative estimate of drug-likeness (QED) is 0.407. The number of aromatic nitrogens is 3. The molecular weight excluding hydrogens is 433 g/mol. The zero-order valence-corrected chi connectivity index (χ0v) is 17.7. The molecule has 0 spiro atoms. The molecule has 0 aliphatic heterocycles. The lowest BCUT2D eigenvalue weighted by Gasteiger charge is -2.11. The number of benzene rings is 2. The van der Waals surface area contributed by atoms with Crippen LogP contribution in [-0.2, 0) is 19.0 Å². The van der Waals surface area contributed by atoms with Crippen molar-refractivity contribution >= 4 is 17.3 Å². The lowest BCUT2D eigenvalue weighted by Crippen LogP contribution is -2.14. The summed E-state index contributed by atoms with van der Waals surface area (Å²) in [6, 6.07) is 14.9. The highest BCUT2D eigenvalue weighted by Gasteiger charge is 2.35. The summed E-state index contributed by atoms with van der Waals surface area (Å²) in [7, 11) is 0. The highest BCUT2D eigenvalue weighted by Crippen LogP contribution is 2.32. The smallest absolute Gasteiger partial charge is 0.433 e. The Morgan fingerprint density at radius 1 is 1.03 bits per heavy atom. The Balaban J connectivity index is 0.000000214. The van der Waals surface area contributed by atoms with Gasteiger partial charge in [-0.25, -0.2) is 14.3 Å². The molecule has 0 atom stereocenters. The summed E-state index contributed by atoms with van der Waals surface area (Å²) in [5, 5.41) is 12.4. The molecule has 0 bridgehead atoms. The number of carboxylic acids is 1. The number of halogens is 3. The zero-order chi connectivity index (χ0) is 23.8. The summed E-state index contributed by atoms with van der Waals surface area (Å²) in [4.78, 5) is 15.0. The molecular formula is C24H21F3N4O2. The van der Waals surface area contributed by atoms with Gasteiger partial charge in [-0.15, -0.1) is 0 Å². The molecule has 0 amide bonds. The second kappa shape index (κ2) is 8.57. The number of nitrogen functional groups attached to an aromatic ring is 1. The van der Waals surface area contributed by atoms with E-state index in [-0.39, 0.29) is 11.3 Å². The predicted molar refractivity (Wildman–Crippen MR) is 118 cm³/mol. The maximum absolute atomic E-state index is 13.3. The lowest BCUT2D eigenvalue weighted by molar-refractivity contribution is -0.142. The van der Waals surface area contributed by atoms with E-state index in [1.807, 2.05) is 13.0 Å². The number of anilines is 1. The van der Waals surface area contributed by atoms with Crippen molar-refractivity contribution in [2.45, 2.75) is 32.4 Å². The Hall–Kier alpha value is -3.88. The first-order valence-corrected chi connectivity index (χ1v) is 10.3. The number of nitrogens with zero attached hydrogens (tertiary/aromatic N) is 3. The molecule has 0 saturated heterocycles. The number of aromatic carboxylic acids is 1. The SMILES string of the molecule is Cc1ccc(-c2cc(C(F)(F)F)n3nc(C(=O)O)cc3n2)cc1.Nc1ccc2c(c1)CCC2. The Kier molecular flexibility index (Phi) is 5.80. The van der Waals surface area contributed by atoms with Crippen LogP contribution in [0.5, 0.6) is 0 Å². The molecule has 2 aromatic heterocycles. The van der Waals surface area contributed by atoms with Gasteiger partial charge in [0.2, 0.25) is 0 Å². The van der Waals surface area contributed by atoms with Crippen molar-refractivity contribution in [1.29, 1.82) is 0 Å². The van der Waals surface area contributed by atoms with Gasteiger partial charge in [0.25, 0.3) is 0 Å². The van der Waals surface area contributed by atoms with Crippen LogP contribution >= 0.6 is 0 Å². The first kappa shape index (κ1) is 22.3. The van der Waals surface area contributed by atoms with E-state index in [0.717, 1.165) is 23.4 Å². The van der Waals surface area contributed by atoms with Crippen LogP contribution in [0.4, 0.5) is 18.9 Å². The number of hydrogen-bond acceptors (Lipinski definition) is 4. The minimum Gasteiger partial charge on any atom is -0.476 e. The largest absolute Gasteiger partial charge is 0.476 e. The highest BCUT2D eigenvalue weighted by molar-refractivity contribution is 5.86.